The van der Waals surface area contributed by atoms with Crippen LogP contribution in [0.3, 0.4) is 0 Å². The molecule has 1 aromatic carbocycles. The smallest absolute Gasteiger partial charge is 0.236 e. The van der Waals surface area contributed by atoms with Crippen molar-refractivity contribution in [3.8, 4) is 5.75 Å². The molecule has 1 aliphatic carbocycles. The number of aromatic hydroxyl groups is 1. The summed E-state index contributed by atoms with van der Waals surface area (Å²) in [6.07, 6.45) is 7.86. The van der Waals surface area contributed by atoms with Crippen LogP contribution in [0.5, 0.6) is 5.75 Å². The quantitative estimate of drug-likeness (QED) is 0.684. The van der Waals surface area contributed by atoms with Gasteiger partial charge in [-0.15, -0.1) is 26.9 Å². The maximum Gasteiger partial charge on any atom is 0.236 e. The number of nitrogens with one attached hydrogen (secondary N) is 1. The molecule has 0 saturated carbocycles. The van der Waals surface area contributed by atoms with E-state index >= 15 is 0 Å². The first kappa shape index (κ1) is 16.1. The molecule has 0 radical (unpaired) electrons. The minimum Gasteiger partial charge on any atom is -0.508 e. The lowest BCUT2D eigenvalue weighted by Crippen LogP contribution is -2.27. The summed E-state index contributed by atoms with van der Waals surface area (Å²) >= 11 is 7.74. The fourth-order valence-electron chi connectivity index (χ4n) is 2.72. The maximum atomic E-state index is 9.45. The van der Waals surface area contributed by atoms with Crippen molar-refractivity contribution >= 4 is 33.0 Å². The number of benzene rings is 1. The van der Waals surface area contributed by atoms with E-state index in [-0.39, 0.29) is 23.1 Å². The third-order valence-electron chi connectivity index (χ3n) is 4.15. The molecular weight excluding hydrogens is 358 g/mol. The number of allylic oxidation sites excluding steroid dienone is 2. The SMILES string of the molecule is CC(c1ccc(O)cc1)c1nnc2sc(NC3C=CC=CC3Cl)nn12. The average Bonchev–Trinajstić information content (AvgIpc) is 3.17. The molecule has 2 aromatic heterocycles. The van der Waals surface area contributed by atoms with Crippen molar-refractivity contribution in [2.75, 3.05) is 5.32 Å². The fourth-order valence-corrected chi connectivity index (χ4v) is 3.75. The Morgan fingerprint density at radius 1 is 1.20 bits per heavy atom. The number of anilines is 1. The molecule has 0 bridgehead atoms. The van der Waals surface area contributed by atoms with Gasteiger partial charge in [-0.3, -0.25) is 0 Å². The van der Waals surface area contributed by atoms with Crippen molar-refractivity contribution in [3.63, 3.8) is 0 Å². The van der Waals surface area contributed by atoms with Crippen LogP contribution in [-0.2, 0) is 0 Å². The molecule has 3 atom stereocenters. The standard InChI is InChI=1S/C17H16ClN5OS/c1-10(11-6-8-12(24)9-7-11)15-20-21-17-23(15)22-16(25-17)19-14-5-3-2-4-13(14)18/h2-10,13-14,24H,1H3,(H,19,22). The van der Waals surface area contributed by atoms with Gasteiger partial charge in [-0.1, -0.05) is 54.7 Å². The van der Waals surface area contributed by atoms with Crippen LogP contribution >= 0.6 is 22.9 Å². The molecule has 2 heterocycles. The van der Waals surface area contributed by atoms with E-state index in [9.17, 15) is 5.11 Å². The molecule has 128 valence electrons. The van der Waals surface area contributed by atoms with Crippen molar-refractivity contribution in [3.05, 3.63) is 60.0 Å². The Kier molecular flexibility index (Phi) is 4.19. The zero-order chi connectivity index (χ0) is 17.4. The van der Waals surface area contributed by atoms with Crippen molar-refractivity contribution in [1.82, 2.24) is 19.8 Å². The Morgan fingerprint density at radius 2 is 1.96 bits per heavy atom. The lowest BCUT2D eigenvalue weighted by atomic mass is 10.0. The molecule has 6 nitrogen and oxygen atoms in total. The Balaban J connectivity index is 1.61. The second kappa shape index (κ2) is 6.50. The second-order valence-electron chi connectivity index (χ2n) is 5.86. The Hall–Kier alpha value is -2.38. The van der Waals surface area contributed by atoms with Crippen molar-refractivity contribution in [1.29, 1.82) is 0 Å². The van der Waals surface area contributed by atoms with Crippen molar-refractivity contribution in [2.45, 2.75) is 24.3 Å². The second-order valence-corrected chi connectivity index (χ2v) is 7.32. The molecular formula is C17H16ClN5OS. The van der Waals surface area contributed by atoms with E-state index in [1.165, 1.54) is 11.3 Å². The number of rotatable bonds is 4. The molecule has 0 spiro atoms. The summed E-state index contributed by atoms with van der Waals surface area (Å²) in [6.45, 7) is 2.04. The molecule has 0 aliphatic heterocycles. The number of phenols is 1. The van der Waals surface area contributed by atoms with E-state index in [2.05, 4.69) is 20.6 Å². The van der Waals surface area contributed by atoms with E-state index in [0.717, 1.165) is 21.5 Å². The zero-order valence-corrected chi connectivity index (χ0v) is 14.9. The van der Waals surface area contributed by atoms with Gasteiger partial charge in [-0.2, -0.15) is 4.52 Å². The largest absolute Gasteiger partial charge is 0.508 e. The number of alkyl halides is 1. The molecule has 25 heavy (non-hydrogen) atoms. The van der Waals surface area contributed by atoms with Gasteiger partial charge < -0.3 is 10.4 Å². The third-order valence-corrected chi connectivity index (χ3v) is 5.40. The topological polar surface area (TPSA) is 75.3 Å². The molecule has 0 saturated heterocycles. The van der Waals surface area contributed by atoms with Crippen LogP contribution in [0, 0.1) is 0 Å². The van der Waals surface area contributed by atoms with E-state index in [1.807, 2.05) is 43.4 Å². The minimum atomic E-state index is -0.116. The van der Waals surface area contributed by atoms with E-state index < -0.39 is 0 Å². The molecule has 2 N–H and O–H groups in total. The number of hydrogen-bond acceptors (Lipinski definition) is 6. The summed E-state index contributed by atoms with van der Waals surface area (Å²) in [5.41, 5.74) is 1.04. The highest BCUT2D eigenvalue weighted by Gasteiger charge is 2.21. The fraction of sp³-hybridized carbons (Fsp3) is 0.235. The van der Waals surface area contributed by atoms with E-state index in [4.69, 9.17) is 11.6 Å². The predicted molar refractivity (Wildman–Crippen MR) is 99.6 cm³/mol. The van der Waals surface area contributed by atoms with Gasteiger partial charge in [0.1, 0.15) is 5.75 Å². The van der Waals surface area contributed by atoms with Gasteiger partial charge >= 0.3 is 0 Å². The lowest BCUT2D eigenvalue weighted by Gasteiger charge is -2.19. The zero-order valence-electron chi connectivity index (χ0n) is 13.4. The monoisotopic (exact) mass is 373 g/mol. The molecule has 1 aliphatic rings. The number of nitrogens with zero attached hydrogens (tertiary/aromatic N) is 4. The van der Waals surface area contributed by atoms with Crippen LogP contribution in [0.25, 0.3) is 4.96 Å². The van der Waals surface area contributed by atoms with Gasteiger partial charge in [0.2, 0.25) is 10.1 Å². The number of phenolic OH excluding ortho intramolecular Hbond substituents is 1. The first-order valence-corrected chi connectivity index (χ1v) is 9.14. The Bertz CT molecular complexity index is 946. The summed E-state index contributed by atoms with van der Waals surface area (Å²) in [5.74, 6) is 1.00. The lowest BCUT2D eigenvalue weighted by molar-refractivity contribution is 0.475. The summed E-state index contributed by atoms with van der Waals surface area (Å²) < 4.78 is 1.76. The summed E-state index contributed by atoms with van der Waals surface area (Å²) in [6, 6.07) is 7.09. The van der Waals surface area contributed by atoms with Crippen molar-refractivity contribution in [2.24, 2.45) is 0 Å². The van der Waals surface area contributed by atoms with Crippen LogP contribution in [-0.4, -0.2) is 36.3 Å². The van der Waals surface area contributed by atoms with Crippen LogP contribution < -0.4 is 5.32 Å². The van der Waals surface area contributed by atoms with Gasteiger partial charge in [0.15, 0.2) is 5.82 Å². The average molecular weight is 374 g/mol. The first-order valence-electron chi connectivity index (χ1n) is 7.88. The summed E-state index contributed by atoms with van der Waals surface area (Å²) in [5, 5.41) is 26.5. The molecule has 8 heteroatoms. The Morgan fingerprint density at radius 3 is 2.72 bits per heavy atom. The normalized spacial score (nSPS) is 20.9. The number of halogens is 1. The highest BCUT2D eigenvalue weighted by Crippen LogP contribution is 2.28. The van der Waals surface area contributed by atoms with Crippen molar-refractivity contribution < 1.29 is 5.11 Å². The third kappa shape index (κ3) is 3.12. The predicted octanol–water partition coefficient (Wildman–Crippen LogP) is 3.56. The molecule has 3 unspecified atom stereocenters. The number of aromatic nitrogens is 4. The minimum absolute atomic E-state index is 0.00355. The summed E-state index contributed by atoms with van der Waals surface area (Å²) in [7, 11) is 0. The Labute approximate surface area is 153 Å². The number of hydrogen-bond donors (Lipinski definition) is 2. The highest BCUT2D eigenvalue weighted by molar-refractivity contribution is 7.20. The van der Waals surface area contributed by atoms with Crippen LogP contribution in [0.4, 0.5) is 5.13 Å². The molecule has 3 aromatic rings. The van der Waals surface area contributed by atoms with Gasteiger partial charge in [0.05, 0.1) is 11.4 Å². The first-order chi connectivity index (χ1) is 12.1. The molecule has 4 rings (SSSR count). The molecule has 0 amide bonds. The summed E-state index contributed by atoms with van der Waals surface area (Å²) in [4.78, 5) is 0.726. The maximum absolute atomic E-state index is 9.45. The van der Waals surface area contributed by atoms with Crippen LogP contribution in [0.1, 0.15) is 24.2 Å². The van der Waals surface area contributed by atoms with Gasteiger partial charge in [0.25, 0.3) is 0 Å². The van der Waals surface area contributed by atoms with Crippen LogP contribution in [0.2, 0.25) is 0 Å². The van der Waals surface area contributed by atoms with Gasteiger partial charge in [-0.25, -0.2) is 0 Å². The molecule has 0 fully saturated rings. The number of fused-ring (bicyclic) bond motifs is 1. The highest BCUT2D eigenvalue weighted by atomic mass is 35.5. The van der Waals surface area contributed by atoms with Crippen LogP contribution in [0.15, 0.2) is 48.6 Å². The van der Waals surface area contributed by atoms with E-state index in [1.54, 1.807) is 16.6 Å². The van der Waals surface area contributed by atoms with Gasteiger partial charge in [-0.05, 0) is 17.7 Å². The van der Waals surface area contributed by atoms with E-state index in [0.29, 0.717) is 0 Å². The van der Waals surface area contributed by atoms with Gasteiger partial charge in [0, 0.05) is 5.92 Å².